The molecule has 0 aliphatic rings. The topological polar surface area (TPSA) is 52.6 Å². The summed E-state index contributed by atoms with van der Waals surface area (Å²) in [5, 5.41) is 0. The summed E-state index contributed by atoms with van der Waals surface area (Å²) in [5.74, 6) is -0.887. The lowest BCUT2D eigenvalue weighted by Crippen LogP contribution is -2.12. The van der Waals surface area contributed by atoms with E-state index in [0.717, 1.165) is 0 Å². The minimum atomic E-state index is -0.320. The van der Waals surface area contributed by atoms with Gasteiger partial charge in [-0.3, -0.25) is 9.59 Å². The number of esters is 2. The summed E-state index contributed by atoms with van der Waals surface area (Å²) >= 11 is 0. The van der Waals surface area contributed by atoms with Crippen molar-refractivity contribution in [3.63, 3.8) is 0 Å². The predicted molar refractivity (Wildman–Crippen MR) is 56.2 cm³/mol. The van der Waals surface area contributed by atoms with Crippen LogP contribution in [-0.4, -0.2) is 25.2 Å². The molecule has 0 amide bonds. The summed E-state index contributed by atoms with van der Waals surface area (Å²) < 4.78 is 9.53. The molecule has 0 aromatic carbocycles. The minimum Gasteiger partial charge on any atom is -0.466 e. The van der Waals surface area contributed by atoms with Crippen LogP contribution in [0.25, 0.3) is 0 Å². The maximum atomic E-state index is 11.2. The summed E-state index contributed by atoms with van der Waals surface area (Å²) in [4.78, 5) is 22.1. The Morgan fingerprint density at radius 3 is 2.33 bits per heavy atom. The third-order valence-electron chi connectivity index (χ3n) is 1.67. The molecule has 15 heavy (non-hydrogen) atoms. The second-order valence-electron chi connectivity index (χ2n) is 2.98. The van der Waals surface area contributed by atoms with Crippen LogP contribution in [0.3, 0.4) is 0 Å². The number of hydrogen-bond donors (Lipinski definition) is 0. The second kappa shape index (κ2) is 8.03. The SMILES string of the molecule is CCOC(=O)C/C=C/C(C)C(=O)OCC. The van der Waals surface area contributed by atoms with Gasteiger partial charge in [-0.1, -0.05) is 12.2 Å². The van der Waals surface area contributed by atoms with Gasteiger partial charge in [-0.25, -0.2) is 0 Å². The molecule has 0 spiro atoms. The summed E-state index contributed by atoms with van der Waals surface area (Å²) in [7, 11) is 0. The van der Waals surface area contributed by atoms with Gasteiger partial charge in [0.05, 0.1) is 25.6 Å². The summed E-state index contributed by atoms with van der Waals surface area (Å²) in [6.07, 6.45) is 3.46. The smallest absolute Gasteiger partial charge is 0.312 e. The number of ether oxygens (including phenoxy) is 2. The molecule has 0 aliphatic heterocycles. The normalized spacial score (nSPS) is 12.5. The van der Waals surface area contributed by atoms with E-state index in [1.807, 2.05) is 0 Å². The van der Waals surface area contributed by atoms with Gasteiger partial charge in [-0.2, -0.15) is 0 Å². The molecule has 0 radical (unpaired) electrons. The zero-order valence-corrected chi connectivity index (χ0v) is 9.49. The van der Waals surface area contributed by atoms with Crippen LogP contribution in [0.2, 0.25) is 0 Å². The van der Waals surface area contributed by atoms with Crippen molar-refractivity contribution in [3.8, 4) is 0 Å². The molecule has 0 bridgehead atoms. The molecular weight excluding hydrogens is 196 g/mol. The van der Waals surface area contributed by atoms with Crippen molar-refractivity contribution in [1.82, 2.24) is 0 Å². The fourth-order valence-electron chi connectivity index (χ4n) is 0.941. The van der Waals surface area contributed by atoms with E-state index in [-0.39, 0.29) is 24.3 Å². The fraction of sp³-hybridized carbons (Fsp3) is 0.636. The average Bonchev–Trinajstić information content (AvgIpc) is 2.18. The van der Waals surface area contributed by atoms with E-state index in [1.165, 1.54) is 0 Å². The summed E-state index contributed by atoms with van der Waals surface area (Å²) in [5.41, 5.74) is 0. The third-order valence-corrected chi connectivity index (χ3v) is 1.67. The van der Waals surface area contributed by atoms with Gasteiger partial charge >= 0.3 is 11.9 Å². The Hall–Kier alpha value is -1.32. The van der Waals surface area contributed by atoms with E-state index in [1.54, 1.807) is 32.9 Å². The largest absolute Gasteiger partial charge is 0.466 e. The Kier molecular flexibility index (Phi) is 7.32. The van der Waals surface area contributed by atoms with Crippen molar-refractivity contribution < 1.29 is 19.1 Å². The molecule has 0 fully saturated rings. The molecule has 4 heteroatoms. The molecular formula is C11H18O4. The lowest BCUT2D eigenvalue weighted by atomic mass is 10.1. The Morgan fingerprint density at radius 2 is 1.80 bits per heavy atom. The molecule has 1 unspecified atom stereocenters. The minimum absolute atomic E-state index is 0.192. The maximum Gasteiger partial charge on any atom is 0.312 e. The van der Waals surface area contributed by atoms with E-state index in [0.29, 0.717) is 13.2 Å². The van der Waals surface area contributed by atoms with Gasteiger partial charge < -0.3 is 9.47 Å². The molecule has 0 heterocycles. The van der Waals surface area contributed by atoms with Crippen molar-refractivity contribution in [2.24, 2.45) is 5.92 Å². The zero-order chi connectivity index (χ0) is 11.7. The lowest BCUT2D eigenvalue weighted by Gasteiger charge is -2.04. The van der Waals surface area contributed by atoms with Crippen molar-refractivity contribution in [1.29, 1.82) is 0 Å². The molecule has 0 aromatic heterocycles. The highest BCUT2D eigenvalue weighted by Gasteiger charge is 2.09. The fourth-order valence-corrected chi connectivity index (χ4v) is 0.941. The summed E-state index contributed by atoms with van der Waals surface area (Å²) in [6, 6.07) is 0. The Balaban J connectivity index is 3.85. The molecule has 0 aliphatic carbocycles. The van der Waals surface area contributed by atoms with Gasteiger partial charge in [-0.15, -0.1) is 0 Å². The van der Waals surface area contributed by atoms with Crippen molar-refractivity contribution in [2.75, 3.05) is 13.2 Å². The van der Waals surface area contributed by atoms with Crippen LogP contribution in [0.1, 0.15) is 27.2 Å². The van der Waals surface area contributed by atoms with E-state index >= 15 is 0 Å². The van der Waals surface area contributed by atoms with Crippen LogP contribution >= 0.6 is 0 Å². The summed E-state index contributed by atoms with van der Waals surface area (Å²) in [6.45, 7) is 5.98. The standard InChI is InChI=1S/C11H18O4/c1-4-14-10(12)8-6-7-9(3)11(13)15-5-2/h6-7,9H,4-5,8H2,1-3H3/b7-6+. The van der Waals surface area contributed by atoms with Gasteiger partial charge in [0.15, 0.2) is 0 Å². The van der Waals surface area contributed by atoms with Gasteiger partial charge in [0.2, 0.25) is 0 Å². The first kappa shape index (κ1) is 13.7. The molecule has 0 saturated heterocycles. The molecule has 0 N–H and O–H groups in total. The first-order valence-electron chi connectivity index (χ1n) is 5.10. The Bertz CT molecular complexity index is 233. The highest BCUT2D eigenvalue weighted by molar-refractivity contribution is 5.75. The van der Waals surface area contributed by atoms with Crippen LogP contribution in [0, 0.1) is 5.92 Å². The maximum absolute atomic E-state index is 11.2. The van der Waals surface area contributed by atoms with Gasteiger partial charge in [0, 0.05) is 0 Å². The number of hydrogen-bond acceptors (Lipinski definition) is 4. The molecule has 1 atom stereocenters. The van der Waals surface area contributed by atoms with Crippen LogP contribution < -0.4 is 0 Å². The van der Waals surface area contributed by atoms with Crippen LogP contribution in [0.15, 0.2) is 12.2 Å². The van der Waals surface area contributed by atoms with E-state index in [4.69, 9.17) is 9.47 Å². The van der Waals surface area contributed by atoms with Crippen LogP contribution in [0.5, 0.6) is 0 Å². The predicted octanol–water partition coefficient (Wildman–Crippen LogP) is 1.70. The lowest BCUT2D eigenvalue weighted by molar-refractivity contribution is -0.146. The van der Waals surface area contributed by atoms with Gasteiger partial charge in [-0.05, 0) is 20.8 Å². The third kappa shape index (κ3) is 6.71. The highest BCUT2D eigenvalue weighted by Crippen LogP contribution is 2.02. The number of carbonyl (C=O) groups excluding carboxylic acids is 2. The Morgan fingerprint density at radius 1 is 1.20 bits per heavy atom. The van der Waals surface area contributed by atoms with E-state index in [2.05, 4.69) is 0 Å². The van der Waals surface area contributed by atoms with Gasteiger partial charge in [0.25, 0.3) is 0 Å². The monoisotopic (exact) mass is 214 g/mol. The van der Waals surface area contributed by atoms with Crippen molar-refractivity contribution in [2.45, 2.75) is 27.2 Å². The average molecular weight is 214 g/mol. The molecule has 86 valence electrons. The number of rotatable bonds is 6. The van der Waals surface area contributed by atoms with Gasteiger partial charge in [0.1, 0.15) is 0 Å². The van der Waals surface area contributed by atoms with Crippen molar-refractivity contribution in [3.05, 3.63) is 12.2 Å². The first-order chi connectivity index (χ1) is 7.11. The quantitative estimate of drug-likeness (QED) is 0.498. The van der Waals surface area contributed by atoms with Crippen LogP contribution in [0.4, 0.5) is 0 Å². The zero-order valence-electron chi connectivity index (χ0n) is 9.49. The first-order valence-corrected chi connectivity index (χ1v) is 5.10. The molecule has 0 saturated carbocycles. The Labute approximate surface area is 90.2 Å². The van der Waals surface area contributed by atoms with Crippen molar-refractivity contribution >= 4 is 11.9 Å². The molecule has 4 nitrogen and oxygen atoms in total. The van der Waals surface area contributed by atoms with E-state index in [9.17, 15) is 9.59 Å². The number of carbonyl (C=O) groups is 2. The second-order valence-corrected chi connectivity index (χ2v) is 2.98. The van der Waals surface area contributed by atoms with E-state index < -0.39 is 0 Å². The molecule has 0 aromatic rings. The highest BCUT2D eigenvalue weighted by atomic mass is 16.5. The molecule has 0 rings (SSSR count). The van der Waals surface area contributed by atoms with Crippen LogP contribution in [-0.2, 0) is 19.1 Å².